The van der Waals surface area contributed by atoms with Crippen LogP contribution in [0.2, 0.25) is 0 Å². The molecule has 1 aliphatic heterocycles. The first-order valence-electron chi connectivity index (χ1n) is 5.15. The summed E-state index contributed by atoms with van der Waals surface area (Å²) < 4.78 is 38.6. The lowest BCUT2D eigenvalue weighted by atomic mass is 10.2. The highest BCUT2D eigenvalue weighted by Crippen LogP contribution is 2.42. The summed E-state index contributed by atoms with van der Waals surface area (Å²) in [6, 6.07) is 3.57. The molecule has 1 aromatic rings. The summed E-state index contributed by atoms with van der Waals surface area (Å²) in [5.41, 5.74) is 0.452. The van der Waals surface area contributed by atoms with Crippen LogP contribution in [0, 0.1) is 0 Å². The number of nitrogens with one attached hydrogen (secondary N) is 1. The Morgan fingerprint density at radius 3 is 2.72 bits per heavy atom. The van der Waals surface area contributed by atoms with Crippen LogP contribution in [0.3, 0.4) is 0 Å². The molecule has 1 N–H and O–H groups in total. The first kappa shape index (κ1) is 12.4. The third kappa shape index (κ3) is 2.44. The molecular weight excluding hydrogens is 248 g/mol. The van der Waals surface area contributed by atoms with Crippen molar-refractivity contribution >= 4 is 11.7 Å². The summed E-state index contributed by atoms with van der Waals surface area (Å²) in [5, 5.41) is 2.79. The predicted molar refractivity (Wildman–Crippen MR) is 57.7 cm³/mol. The van der Waals surface area contributed by atoms with Crippen LogP contribution < -0.4 is 14.8 Å². The van der Waals surface area contributed by atoms with Crippen LogP contribution in [-0.4, -0.2) is 25.4 Å². The van der Waals surface area contributed by atoms with Crippen LogP contribution in [0.5, 0.6) is 11.5 Å². The maximum Gasteiger partial charge on any atom is 0.586 e. The molecule has 0 bridgehead atoms. The fourth-order valence-corrected chi connectivity index (χ4v) is 1.52. The monoisotopic (exact) mass is 259 g/mol. The van der Waals surface area contributed by atoms with Gasteiger partial charge in [0.2, 0.25) is 0 Å². The number of hydrogen-bond donors (Lipinski definition) is 1. The average Bonchev–Trinajstić information content (AvgIpc) is 2.61. The molecule has 1 atom stereocenters. The van der Waals surface area contributed by atoms with E-state index in [1.165, 1.54) is 25.3 Å². The van der Waals surface area contributed by atoms with E-state index < -0.39 is 18.3 Å². The van der Waals surface area contributed by atoms with Crippen molar-refractivity contribution in [2.24, 2.45) is 0 Å². The Morgan fingerprint density at radius 1 is 1.39 bits per heavy atom. The molecule has 1 heterocycles. The number of hydrogen-bond acceptors (Lipinski definition) is 5. The quantitative estimate of drug-likeness (QED) is 0.841. The van der Waals surface area contributed by atoms with E-state index in [9.17, 15) is 13.6 Å². The molecule has 2 rings (SSSR count). The number of carbonyl (C=O) groups excluding carboxylic acids is 1. The number of fused-ring (bicyclic) bond motifs is 1. The zero-order chi connectivity index (χ0) is 13.3. The van der Waals surface area contributed by atoms with Gasteiger partial charge < -0.3 is 19.5 Å². The van der Waals surface area contributed by atoms with Crippen molar-refractivity contribution in [2.45, 2.75) is 19.3 Å². The molecule has 0 saturated heterocycles. The van der Waals surface area contributed by atoms with Gasteiger partial charge in [-0.1, -0.05) is 0 Å². The predicted octanol–water partition coefficient (Wildman–Crippen LogP) is 1.98. The van der Waals surface area contributed by atoms with Crippen LogP contribution in [-0.2, 0) is 9.53 Å². The Labute approximate surface area is 102 Å². The number of halogens is 2. The van der Waals surface area contributed by atoms with E-state index in [-0.39, 0.29) is 11.5 Å². The maximum atomic E-state index is 12.8. The number of esters is 1. The number of rotatable bonds is 3. The number of methoxy groups -OCH3 is 1. The molecule has 0 amide bonds. The van der Waals surface area contributed by atoms with Crippen molar-refractivity contribution in [3.05, 3.63) is 18.2 Å². The van der Waals surface area contributed by atoms with Gasteiger partial charge in [0.15, 0.2) is 11.5 Å². The lowest BCUT2D eigenvalue weighted by molar-refractivity contribution is -0.286. The molecule has 0 aliphatic carbocycles. The van der Waals surface area contributed by atoms with E-state index >= 15 is 0 Å². The second-order valence-corrected chi connectivity index (χ2v) is 3.72. The van der Waals surface area contributed by atoms with E-state index in [0.717, 1.165) is 0 Å². The highest BCUT2D eigenvalue weighted by atomic mass is 19.3. The lowest BCUT2D eigenvalue weighted by Crippen LogP contribution is -2.27. The third-order valence-corrected chi connectivity index (χ3v) is 2.34. The lowest BCUT2D eigenvalue weighted by Gasteiger charge is -2.12. The Bertz CT molecular complexity index is 478. The van der Waals surface area contributed by atoms with Gasteiger partial charge in [0.1, 0.15) is 6.04 Å². The van der Waals surface area contributed by atoms with Gasteiger partial charge in [-0.05, 0) is 19.1 Å². The van der Waals surface area contributed by atoms with Gasteiger partial charge in [-0.15, -0.1) is 8.78 Å². The number of carbonyl (C=O) groups is 1. The molecule has 0 saturated carbocycles. The number of alkyl halides is 2. The summed E-state index contributed by atoms with van der Waals surface area (Å²) >= 11 is 0. The van der Waals surface area contributed by atoms with E-state index in [1.54, 1.807) is 6.92 Å². The van der Waals surface area contributed by atoms with Crippen molar-refractivity contribution in [2.75, 3.05) is 12.4 Å². The minimum absolute atomic E-state index is 0.0451. The van der Waals surface area contributed by atoms with Gasteiger partial charge in [0.25, 0.3) is 0 Å². The van der Waals surface area contributed by atoms with Gasteiger partial charge in [-0.3, -0.25) is 0 Å². The smallest absolute Gasteiger partial charge is 0.467 e. The SMILES string of the molecule is COC(=O)C(C)Nc1ccc2c(c1)OC(F)(F)O2. The third-order valence-electron chi connectivity index (χ3n) is 2.34. The molecule has 5 nitrogen and oxygen atoms in total. The summed E-state index contributed by atoms with van der Waals surface area (Å²) in [6.07, 6.45) is -3.64. The van der Waals surface area contributed by atoms with Crippen molar-refractivity contribution in [3.8, 4) is 11.5 Å². The van der Waals surface area contributed by atoms with E-state index in [4.69, 9.17) is 0 Å². The summed E-state index contributed by atoms with van der Waals surface area (Å²) in [4.78, 5) is 11.2. The van der Waals surface area contributed by atoms with Crippen molar-refractivity contribution in [1.29, 1.82) is 0 Å². The van der Waals surface area contributed by atoms with Gasteiger partial charge in [0.05, 0.1) is 7.11 Å². The summed E-state index contributed by atoms with van der Waals surface area (Å²) in [5.74, 6) is -0.587. The number of benzene rings is 1. The van der Waals surface area contributed by atoms with Crippen molar-refractivity contribution in [1.82, 2.24) is 0 Å². The largest absolute Gasteiger partial charge is 0.586 e. The zero-order valence-corrected chi connectivity index (χ0v) is 9.70. The highest BCUT2D eigenvalue weighted by molar-refractivity contribution is 5.78. The summed E-state index contributed by atoms with van der Waals surface area (Å²) in [6.45, 7) is 1.59. The fourth-order valence-electron chi connectivity index (χ4n) is 1.52. The normalized spacial score (nSPS) is 17.1. The standard InChI is InChI=1S/C11H11F2NO4/c1-6(10(15)16-2)14-7-3-4-8-9(5-7)18-11(12,13)17-8/h3-6,14H,1-2H3. The van der Waals surface area contributed by atoms with Gasteiger partial charge >= 0.3 is 12.3 Å². The molecule has 98 valence electrons. The van der Waals surface area contributed by atoms with E-state index in [2.05, 4.69) is 19.5 Å². The molecule has 1 aliphatic rings. The molecule has 7 heteroatoms. The topological polar surface area (TPSA) is 56.8 Å². The van der Waals surface area contributed by atoms with E-state index in [0.29, 0.717) is 5.69 Å². The Kier molecular flexibility index (Phi) is 2.98. The van der Waals surface area contributed by atoms with Crippen LogP contribution in [0.25, 0.3) is 0 Å². The Hall–Kier alpha value is -2.05. The van der Waals surface area contributed by atoms with Crippen LogP contribution in [0.15, 0.2) is 18.2 Å². The second kappa shape index (κ2) is 4.32. The Morgan fingerprint density at radius 2 is 2.06 bits per heavy atom. The maximum absolute atomic E-state index is 12.8. The molecule has 0 spiro atoms. The zero-order valence-electron chi connectivity index (χ0n) is 9.70. The van der Waals surface area contributed by atoms with Crippen molar-refractivity contribution < 1.29 is 27.8 Å². The minimum Gasteiger partial charge on any atom is -0.467 e. The molecule has 0 fully saturated rings. The average molecular weight is 259 g/mol. The highest BCUT2D eigenvalue weighted by Gasteiger charge is 2.43. The van der Waals surface area contributed by atoms with Crippen LogP contribution >= 0.6 is 0 Å². The molecule has 18 heavy (non-hydrogen) atoms. The van der Waals surface area contributed by atoms with Crippen LogP contribution in [0.1, 0.15) is 6.92 Å². The molecular formula is C11H11F2NO4. The number of ether oxygens (including phenoxy) is 3. The molecule has 0 aromatic heterocycles. The molecule has 1 unspecified atom stereocenters. The van der Waals surface area contributed by atoms with Gasteiger partial charge in [-0.2, -0.15) is 0 Å². The van der Waals surface area contributed by atoms with Gasteiger partial charge in [0, 0.05) is 11.8 Å². The first-order chi connectivity index (χ1) is 8.41. The Balaban J connectivity index is 2.12. The van der Waals surface area contributed by atoms with Crippen molar-refractivity contribution in [3.63, 3.8) is 0 Å². The molecule has 0 radical (unpaired) electrons. The van der Waals surface area contributed by atoms with E-state index in [1.807, 2.05) is 0 Å². The van der Waals surface area contributed by atoms with Crippen LogP contribution in [0.4, 0.5) is 14.5 Å². The summed E-state index contributed by atoms with van der Waals surface area (Å²) in [7, 11) is 1.26. The number of anilines is 1. The van der Waals surface area contributed by atoms with Gasteiger partial charge in [-0.25, -0.2) is 4.79 Å². The second-order valence-electron chi connectivity index (χ2n) is 3.72. The first-order valence-corrected chi connectivity index (χ1v) is 5.15. The minimum atomic E-state index is -3.64. The fraction of sp³-hybridized carbons (Fsp3) is 0.364. The molecule has 1 aromatic carbocycles.